The quantitative estimate of drug-likeness (QED) is 0.661. The van der Waals surface area contributed by atoms with Crippen molar-refractivity contribution in [1.29, 1.82) is 0 Å². The third-order valence-electron chi connectivity index (χ3n) is 3.77. The highest BCUT2D eigenvalue weighted by Crippen LogP contribution is 2.40. The molecule has 0 aromatic heterocycles. The van der Waals surface area contributed by atoms with Gasteiger partial charge in [0.15, 0.2) is 11.5 Å². The Morgan fingerprint density at radius 3 is 2.83 bits per heavy atom. The van der Waals surface area contributed by atoms with Crippen molar-refractivity contribution in [2.24, 2.45) is 4.99 Å². The summed E-state index contributed by atoms with van der Waals surface area (Å²) in [5.41, 5.74) is 0.852. The Morgan fingerprint density at radius 1 is 1.50 bits per heavy atom. The number of carbonyl (C=O) groups is 1. The molecule has 0 saturated heterocycles. The monoisotopic (exact) mass is 356 g/mol. The smallest absolute Gasteiger partial charge is 0.434 e. The maximum Gasteiger partial charge on any atom is 0.434 e. The molecule has 1 unspecified atom stereocenters. The van der Waals surface area contributed by atoms with Crippen LogP contribution in [0, 0.1) is 5.82 Å². The molecule has 6 nitrogen and oxygen atoms in total. The lowest BCUT2D eigenvalue weighted by molar-refractivity contribution is 0.182. The van der Waals surface area contributed by atoms with Crippen LogP contribution in [0.25, 0.3) is 0 Å². The van der Waals surface area contributed by atoms with E-state index in [9.17, 15) is 4.79 Å². The molecule has 1 heterocycles. The van der Waals surface area contributed by atoms with E-state index in [-0.39, 0.29) is 5.82 Å². The number of thioether (sulfide) groups is 1. The van der Waals surface area contributed by atoms with Crippen LogP contribution in [0.15, 0.2) is 11.1 Å². The van der Waals surface area contributed by atoms with E-state index in [1.807, 2.05) is 0 Å². The van der Waals surface area contributed by atoms with Crippen molar-refractivity contribution in [2.75, 3.05) is 34.1 Å². The zero-order chi connectivity index (χ0) is 17.7. The number of fused-ring (bicyclic) bond motifs is 1. The van der Waals surface area contributed by atoms with Gasteiger partial charge in [-0.25, -0.2) is 9.18 Å². The van der Waals surface area contributed by atoms with Gasteiger partial charge in [-0.1, -0.05) is 0 Å². The zero-order valence-corrected chi connectivity index (χ0v) is 15.0. The predicted molar refractivity (Wildman–Crippen MR) is 91.9 cm³/mol. The van der Waals surface area contributed by atoms with Crippen LogP contribution >= 0.6 is 11.8 Å². The summed E-state index contributed by atoms with van der Waals surface area (Å²) < 4.78 is 30.6. The standard InChI is InChI=1S/C16H21FN2O4S/c1-18-13(15(24-4)19-16(20)22-3)10-8-11(21-2)14-9(12(10)17)6-5-7-23-14/h8,13,18H,5-7H2,1-4H3. The van der Waals surface area contributed by atoms with E-state index >= 15 is 4.39 Å². The van der Waals surface area contributed by atoms with Crippen LogP contribution < -0.4 is 14.8 Å². The first-order chi connectivity index (χ1) is 11.6. The maximum absolute atomic E-state index is 15.1. The van der Waals surface area contributed by atoms with E-state index in [1.165, 1.54) is 26.0 Å². The van der Waals surface area contributed by atoms with Crippen LogP contribution in [0.1, 0.15) is 23.6 Å². The van der Waals surface area contributed by atoms with Gasteiger partial charge in [-0.15, -0.1) is 11.8 Å². The molecule has 8 heteroatoms. The molecule has 1 aliphatic rings. The van der Waals surface area contributed by atoms with Crippen LogP contribution in [0.3, 0.4) is 0 Å². The molecule has 0 radical (unpaired) electrons. The van der Waals surface area contributed by atoms with Crippen molar-refractivity contribution in [2.45, 2.75) is 18.9 Å². The summed E-state index contributed by atoms with van der Waals surface area (Å²) >= 11 is 1.25. The number of benzene rings is 1. The molecule has 1 aromatic carbocycles. The van der Waals surface area contributed by atoms with Crippen molar-refractivity contribution < 1.29 is 23.4 Å². The van der Waals surface area contributed by atoms with Gasteiger partial charge in [-0.3, -0.25) is 0 Å². The number of hydrogen-bond acceptors (Lipinski definition) is 6. The second kappa shape index (κ2) is 8.34. The first kappa shape index (κ1) is 18.5. The number of nitrogens with one attached hydrogen (secondary N) is 1. The van der Waals surface area contributed by atoms with Gasteiger partial charge in [0.2, 0.25) is 0 Å². The molecule has 0 fully saturated rings. The topological polar surface area (TPSA) is 69.2 Å². The number of amides is 1. The third-order valence-corrected chi connectivity index (χ3v) is 4.52. The van der Waals surface area contributed by atoms with Crippen LogP contribution in [0.2, 0.25) is 0 Å². The predicted octanol–water partition coefficient (Wildman–Crippen LogP) is 2.95. The summed E-state index contributed by atoms with van der Waals surface area (Å²) in [4.78, 5) is 15.4. The van der Waals surface area contributed by atoms with E-state index < -0.39 is 12.1 Å². The van der Waals surface area contributed by atoms with Gasteiger partial charge in [-0.2, -0.15) is 4.99 Å². The SMILES string of the molecule is CNC(C(=NC(=O)OC)SC)c1cc(OC)c2c(c1F)CCCO2. The number of aliphatic imine (C=N–C) groups is 1. The van der Waals surface area contributed by atoms with Crippen LogP contribution in [-0.2, 0) is 11.2 Å². The average molecular weight is 356 g/mol. The summed E-state index contributed by atoms with van der Waals surface area (Å²) in [5.74, 6) is 0.562. The highest BCUT2D eigenvalue weighted by atomic mass is 32.2. The summed E-state index contributed by atoms with van der Waals surface area (Å²) in [6.07, 6.45) is 2.35. The molecule has 0 saturated carbocycles. The van der Waals surface area contributed by atoms with Crippen LogP contribution in [0.4, 0.5) is 9.18 Å². The molecule has 1 amide bonds. The summed E-state index contributed by atoms with van der Waals surface area (Å²) in [5, 5.41) is 3.41. The molecule has 0 spiro atoms. The average Bonchev–Trinajstić information content (AvgIpc) is 2.62. The number of carbonyl (C=O) groups excluding carboxylic acids is 1. The van der Waals surface area contributed by atoms with Crippen molar-refractivity contribution in [3.05, 3.63) is 23.0 Å². The van der Waals surface area contributed by atoms with Crippen LogP contribution in [-0.4, -0.2) is 45.3 Å². The molecule has 24 heavy (non-hydrogen) atoms. The number of ether oxygens (including phenoxy) is 3. The Morgan fingerprint density at radius 2 is 2.25 bits per heavy atom. The van der Waals surface area contributed by atoms with Crippen LogP contribution in [0.5, 0.6) is 11.5 Å². The lowest BCUT2D eigenvalue weighted by Gasteiger charge is -2.25. The molecule has 1 aromatic rings. The van der Waals surface area contributed by atoms with Crippen molar-refractivity contribution in [3.63, 3.8) is 0 Å². The normalized spacial score (nSPS) is 15.3. The molecule has 2 rings (SSSR count). The van der Waals surface area contributed by atoms with Gasteiger partial charge in [0.05, 0.1) is 26.9 Å². The number of rotatable bonds is 4. The third kappa shape index (κ3) is 3.64. The summed E-state index contributed by atoms with van der Waals surface area (Å²) in [7, 11) is 4.44. The molecular weight excluding hydrogens is 335 g/mol. The Labute approximate surface area is 144 Å². The first-order valence-corrected chi connectivity index (χ1v) is 8.69. The van der Waals surface area contributed by atoms with Crippen molar-refractivity contribution in [3.8, 4) is 11.5 Å². The van der Waals surface area contributed by atoms with Crippen molar-refractivity contribution >= 4 is 22.9 Å². The van der Waals surface area contributed by atoms with E-state index in [2.05, 4.69) is 15.0 Å². The molecule has 0 aliphatic carbocycles. The Hall–Kier alpha value is -1.80. The number of halogens is 1. The molecule has 1 N–H and O–H groups in total. The van der Waals surface area contributed by atoms with E-state index in [0.29, 0.717) is 40.7 Å². The van der Waals surface area contributed by atoms with Gasteiger partial charge in [0, 0.05) is 11.1 Å². The van der Waals surface area contributed by atoms with Gasteiger partial charge in [0.1, 0.15) is 10.9 Å². The van der Waals surface area contributed by atoms with Gasteiger partial charge in [-0.05, 0) is 32.2 Å². The maximum atomic E-state index is 15.1. The molecule has 1 atom stereocenters. The fourth-order valence-corrected chi connectivity index (χ4v) is 3.28. The van der Waals surface area contributed by atoms with Gasteiger partial charge in [0.25, 0.3) is 0 Å². The second-order valence-electron chi connectivity index (χ2n) is 5.09. The number of methoxy groups -OCH3 is 2. The molecule has 132 valence electrons. The minimum Gasteiger partial charge on any atom is -0.493 e. The summed E-state index contributed by atoms with van der Waals surface area (Å²) in [6, 6.07) is 0.990. The highest BCUT2D eigenvalue weighted by molar-refractivity contribution is 8.13. The molecular formula is C16H21FN2O4S. The van der Waals surface area contributed by atoms with E-state index in [1.54, 1.807) is 19.4 Å². The largest absolute Gasteiger partial charge is 0.493 e. The molecule has 0 bridgehead atoms. The Bertz CT molecular complexity index is 651. The number of hydrogen-bond donors (Lipinski definition) is 1. The lowest BCUT2D eigenvalue weighted by Crippen LogP contribution is -2.26. The van der Waals surface area contributed by atoms with E-state index in [4.69, 9.17) is 9.47 Å². The highest BCUT2D eigenvalue weighted by Gasteiger charge is 2.28. The second-order valence-corrected chi connectivity index (χ2v) is 5.91. The molecule has 1 aliphatic heterocycles. The minimum atomic E-state index is -0.728. The number of nitrogens with zero attached hydrogens (tertiary/aromatic N) is 1. The summed E-state index contributed by atoms with van der Waals surface area (Å²) in [6.45, 7) is 0.539. The first-order valence-electron chi connectivity index (χ1n) is 7.47. The Kier molecular flexibility index (Phi) is 6.44. The lowest BCUT2D eigenvalue weighted by atomic mass is 9.97. The van der Waals surface area contributed by atoms with Gasteiger partial charge >= 0.3 is 6.09 Å². The van der Waals surface area contributed by atoms with Gasteiger partial charge < -0.3 is 19.5 Å². The zero-order valence-electron chi connectivity index (χ0n) is 14.1. The fourth-order valence-electron chi connectivity index (χ4n) is 2.63. The van der Waals surface area contributed by atoms with E-state index in [0.717, 1.165) is 6.42 Å². The Balaban J connectivity index is 2.56. The fraction of sp³-hybridized carbons (Fsp3) is 0.500. The van der Waals surface area contributed by atoms with Crippen molar-refractivity contribution in [1.82, 2.24) is 5.32 Å². The minimum absolute atomic E-state index is 0.357.